The molecule has 0 aliphatic heterocycles. The molecule has 0 heterocycles. The van der Waals surface area contributed by atoms with Gasteiger partial charge in [0.25, 0.3) is 5.69 Å². The van der Waals surface area contributed by atoms with E-state index >= 15 is 0 Å². The van der Waals surface area contributed by atoms with Crippen LogP contribution in [0.5, 0.6) is 17.2 Å². The number of nitrogens with zero attached hydrogens (tertiary/aromatic N) is 1. The number of rotatable bonds is 1. The van der Waals surface area contributed by atoms with Crippen LogP contribution >= 0.6 is 0 Å². The van der Waals surface area contributed by atoms with Crippen molar-refractivity contribution in [3.8, 4) is 17.2 Å². The van der Waals surface area contributed by atoms with Crippen LogP contribution in [-0.4, -0.2) is 20.2 Å². The van der Waals surface area contributed by atoms with Gasteiger partial charge in [0.1, 0.15) is 17.2 Å². The normalized spacial score (nSPS) is 9.14. The Morgan fingerprint density at radius 3 is 1.23 bits per heavy atom. The molecule has 0 aliphatic rings. The molecule has 4 aromatic carbocycles. The van der Waals surface area contributed by atoms with Crippen molar-refractivity contribution in [3.63, 3.8) is 0 Å². The summed E-state index contributed by atoms with van der Waals surface area (Å²) >= 11 is 0. The van der Waals surface area contributed by atoms with E-state index in [9.17, 15) is 10.1 Å². The molecular weight excluding hydrogens is 452 g/mol. The Kier molecular flexibility index (Phi) is 11.1. The van der Waals surface area contributed by atoms with Crippen LogP contribution in [0.2, 0.25) is 0 Å². The van der Waals surface area contributed by atoms with Crippen molar-refractivity contribution in [1.82, 2.24) is 0 Å². The molecule has 13 N–H and O–H groups in total. The van der Waals surface area contributed by atoms with Gasteiger partial charge >= 0.3 is 0 Å². The second-order valence-corrected chi connectivity index (χ2v) is 6.86. The average Bonchev–Trinajstić information content (AvgIpc) is 2.76. The smallest absolute Gasteiger partial charge is 0.269 e. The number of phenols is 3. The molecule has 11 nitrogen and oxygen atoms in total. The number of nitrogens with two attached hydrogens (primary N) is 5. The summed E-state index contributed by atoms with van der Waals surface area (Å²) in [6, 6.07) is 23.6. The van der Waals surface area contributed by atoms with Crippen molar-refractivity contribution in [2.75, 3.05) is 28.7 Å². The maximum atomic E-state index is 10.1. The van der Waals surface area contributed by atoms with Crippen LogP contribution in [-0.2, 0) is 0 Å². The number of hydrogen-bond acceptors (Lipinski definition) is 10. The zero-order valence-electron chi connectivity index (χ0n) is 18.7. The number of nitro benzene ring substituents is 1. The summed E-state index contributed by atoms with van der Waals surface area (Å²) in [6.07, 6.45) is 0. The Hall–Kier alpha value is -5.32. The number of nitrogen functional groups attached to an aromatic ring is 5. The first-order valence-electron chi connectivity index (χ1n) is 9.91. The van der Waals surface area contributed by atoms with Crippen molar-refractivity contribution >= 4 is 34.1 Å². The third-order valence-corrected chi connectivity index (χ3v) is 3.90. The molecule has 0 spiro atoms. The molecule has 35 heavy (non-hydrogen) atoms. The molecule has 0 radical (unpaired) electrons. The van der Waals surface area contributed by atoms with Crippen LogP contribution in [0.1, 0.15) is 0 Å². The number of aromatic hydroxyl groups is 3. The second-order valence-electron chi connectivity index (χ2n) is 6.86. The first-order chi connectivity index (χ1) is 16.5. The molecule has 0 atom stereocenters. The summed E-state index contributed by atoms with van der Waals surface area (Å²) < 4.78 is 0. The van der Waals surface area contributed by atoms with Gasteiger partial charge in [-0.05, 0) is 42.5 Å². The first kappa shape index (κ1) is 27.7. The van der Waals surface area contributed by atoms with Gasteiger partial charge in [-0.3, -0.25) is 10.1 Å². The fraction of sp³-hybridized carbons (Fsp3) is 0. The lowest BCUT2D eigenvalue weighted by Crippen LogP contribution is -1.91. The molecule has 0 aliphatic carbocycles. The second kappa shape index (κ2) is 14.0. The van der Waals surface area contributed by atoms with Gasteiger partial charge in [-0.15, -0.1) is 0 Å². The molecule has 184 valence electrons. The van der Waals surface area contributed by atoms with Crippen LogP contribution in [0.25, 0.3) is 0 Å². The van der Waals surface area contributed by atoms with Gasteiger partial charge in [0.05, 0.1) is 16.3 Å². The maximum Gasteiger partial charge on any atom is 0.269 e. The minimum atomic E-state index is -0.459. The highest BCUT2D eigenvalue weighted by atomic mass is 16.6. The largest absolute Gasteiger partial charge is 0.508 e. The monoisotopic (exact) mass is 480 g/mol. The molecule has 4 rings (SSSR count). The topological polar surface area (TPSA) is 234 Å². The van der Waals surface area contributed by atoms with Crippen molar-refractivity contribution in [2.24, 2.45) is 0 Å². The lowest BCUT2D eigenvalue weighted by atomic mass is 10.3. The van der Waals surface area contributed by atoms with Crippen LogP contribution in [0.4, 0.5) is 34.1 Å². The third-order valence-electron chi connectivity index (χ3n) is 3.90. The summed E-state index contributed by atoms with van der Waals surface area (Å²) in [6.45, 7) is 0. The van der Waals surface area contributed by atoms with E-state index in [0.29, 0.717) is 28.4 Å². The predicted octanol–water partition coefficient (Wildman–Crippen LogP) is 3.68. The molecule has 0 fully saturated rings. The Bertz CT molecular complexity index is 1130. The van der Waals surface area contributed by atoms with E-state index in [1.165, 1.54) is 24.3 Å². The van der Waals surface area contributed by atoms with Gasteiger partial charge in [-0.1, -0.05) is 18.2 Å². The highest BCUT2D eigenvalue weighted by Gasteiger charge is 2.01. The van der Waals surface area contributed by atoms with Crippen LogP contribution in [0.15, 0.2) is 91.0 Å². The van der Waals surface area contributed by atoms with Crippen molar-refractivity contribution < 1.29 is 20.2 Å². The zero-order valence-corrected chi connectivity index (χ0v) is 18.7. The van der Waals surface area contributed by atoms with E-state index in [0.717, 1.165) is 18.2 Å². The van der Waals surface area contributed by atoms with Crippen LogP contribution in [0, 0.1) is 10.1 Å². The average molecular weight is 481 g/mol. The van der Waals surface area contributed by atoms with Crippen molar-refractivity contribution in [3.05, 3.63) is 101 Å². The van der Waals surface area contributed by atoms with Crippen molar-refractivity contribution in [2.45, 2.75) is 0 Å². The number of non-ortho nitro benzene ring substituents is 1. The fourth-order valence-corrected chi connectivity index (χ4v) is 2.25. The van der Waals surface area contributed by atoms with E-state index < -0.39 is 4.92 Å². The number of nitro groups is 1. The van der Waals surface area contributed by atoms with Gasteiger partial charge < -0.3 is 44.0 Å². The van der Waals surface area contributed by atoms with Gasteiger partial charge in [0.15, 0.2) is 0 Å². The highest BCUT2D eigenvalue weighted by Crippen LogP contribution is 2.23. The number of phenolic OH excluding ortho intramolecular Hbond substituents is 3. The minimum absolute atomic E-state index is 0.0641. The zero-order chi connectivity index (χ0) is 26.4. The van der Waals surface area contributed by atoms with Crippen LogP contribution < -0.4 is 28.7 Å². The molecule has 0 unspecified atom stereocenters. The molecule has 0 amide bonds. The Balaban J connectivity index is 0.000000234. The summed E-state index contributed by atoms with van der Waals surface area (Å²) in [5.74, 6) is -0.437. The maximum absolute atomic E-state index is 10.1. The van der Waals surface area contributed by atoms with E-state index in [1.54, 1.807) is 30.3 Å². The van der Waals surface area contributed by atoms with E-state index in [-0.39, 0.29) is 22.9 Å². The molecule has 0 aromatic heterocycles. The molecule has 4 aromatic rings. The predicted molar refractivity (Wildman–Crippen MR) is 139 cm³/mol. The van der Waals surface area contributed by atoms with Crippen LogP contribution in [0.3, 0.4) is 0 Å². The summed E-state index contributed by atoms with van der Waals surface area (Å²) in [7, 11) is 0. The van der Waals surface area contributed by atoms with Gasteiger partial charge in [-0.2, -0.15) is 0 Å². The lowest BCUT2D eigenvalue weighted by Gasteiger charge is -1.94. The van der Waals surface area contributed by atoms with E-state index in [1.807, 2.05) is 18.2 Å². The molecule has 0 saturated carbocycles. The van der Waals surface area contributed by atoms with E-state index in [2.05, 4.69) is 0 Å². The fourth-order valence-electron chi connectivity index (χ4n) is 2.25. The molecule has 11 heteroatoms. The molecule has 0 saturated heterocycles. The van der Waals surface area contributed by atoms with Gasteiger partial charge in [0, 0.05) is 47.4 Å². The number of para-hydroxylation sites is 2. The Labute approximate surface area is 201 Å². The van der Waals surface area contributed by atoms with E-state index in [4.69, 9.17) is 44.0 Å². The van der Waals surface area contributed by atoms with Crippen molar-refractivity contribution in [1.29, 1.82) is 0 Å². The van der Waals surface area contributed by atoms with Gasteiger partial charge in [-0.25, -0.2) is 0 Å². The third kappa shape index (κ3) is 11.8. The summed E-state index contributed by atoms with van der Waals surface area (Å²) in [4.78, 5) is 9.62. The number of hydrogen-bond donors (Lipinski definition) is 8. The quantitative estimate of drug-likeness (QED) is 0.112. The Morgan fingerprint density at radius 1 is 0.543 bits per heavy atom. The number of benzene rings is 4. The summed E-state index contributed by atoms with van der Waals surface area (Å²) in [5.41, 5.74) is 30.2. The number of anilines is 5. The highest BCUT2D eigenvalue weighted by molar-refractivity contribution is 5.62. The van der Waals surface area contributed by atoms with Gasteiger partial charge in [0.2, 0.25) is 0 Å². The lowest BCUT2D eigenvalue weighted by molar-refractivity contribution is -0.384. The Morgan fingerprint density at radius 2 is 0.943 bits per heavy atom. The standard InChI is InChI=1S/C6H6N2O2.2C6H8N2.C6H6O3/c7-5-1-3-6(4-2-5)8(9)10;7-5-2-1-3-6(8)4-5;7-5-3-1-2-4-6(5)8;7-4-1-5(8)3-6(9)2-4/h1-4H,7H2;2*1-4H,7-8H2;1-3,7-9H. The summed E-state index contributed by atoms with van der Waals surface area (Å²) in [5, 5.41) is 36.1. The SMILES string of the molecule is Nc1ccc([N+](=O)[O-])cc1.Nc1cccc(N)c1.Nc1ccccc1N.Oc1cc(O)cc(O)c1. The molecule has 0 bridgehead atoms. The molecular formula is C24H28N6O5. The minimum Gasteiger partial charge on any atom is -0.508 e. The first-order valence-corrected chi connectivity index (χ1v) is 9.91.